The first-order chi connectivity index (χ1) is 18.5. The van der Waals surface area contributed by atoms with E-state index in [1.807, 2.05) is 48.7 Å². The van der Waals surface area contributed by atoms with E-state index in [1.54, 1.807) is 0 Å². The first-order valence-electron chi connectivity index (χ1n) is 12.9. The van der Waals surface area contributed by atoms with Gasteiger partial charge in [-0.3, -0.25) is 4.99 Å². The van der Waals surface area contributed by atoms with Crippen LogP contribution < -0.4 is 10.1 Å². The maximum Gasteiger partial charge on any atom is 0.128 e. The molecule has 0 fully saturated rings. The molecule has 0 unspecified atom stereocenters. The van der Waals surface area contributed by atoms with Gasteiger partial charge in [0.2, 0.25) is 0 Å². The largest absolute Gasteiger partial charge is 0.488 e. The summed E-state index contributed by atoms with van der Waals surface area (Å²) in [6.45, 7) is 2.56. The number of rotatable bonds is 6. The van der Waals surface area contributed by atoms with E-state index < -0.39 is 0 Å². The highest BCUT2D eigenvalue weighted by Crippen LogP contribution is 2.50. The van der Waals surface area contributed by atoms with E-state index in [0.717, 1.165) is 33.5 Å². The smallest absolute Gasteiger partial charge is 0.128 e. The van der Waals surface area contributed by atoms with E-state index in [9.17, 15) is 0 Å². The van der Waals surface area contributed by atoms with E-state index in [2.05, 4.69) is 82.8 Å². The van der Waals surface area contributed by atoms with Crippen LogP contribution in [0.25, 0.3) is 0 Å². The van der Waals surface area contributed by atoms with Crippen LogP contribution in [-0.2, 0) is 6.61 Å². The number of benzene rings is 4. The van der Waals surface area contributed by atoms with Crippen LogP contribution in [0.1, 0.15) is 46.2 Å². The first kappa shape index (κ1) is 25.0. The van der Waals surface area contributed by atoms with E-state index in [-0.39, 0.29) is 6.04 Å². The highest BCUT2D eigenvalue weighted by molar-refractivity contribution is 9.10. The molecule has 0 aromatic heterocycles. The summed E-state index contributed by atoms with van der Waals surface area (Å²) in [5.41, 5.74) is 8.02. The number of hydrogen-bond donors (Lipinski definition) is 1. The molecule has 0 saturated carbocycles. The molecule has 3 atom stereocenters. The zero-order valence-electron chi connectivity index (χ0n) is 21.1. The zero-order valence-corrected chi connectivity index (χ0v) is 23.4. The minimum atomic E-state index is 0.276. The summed E-state index contributed by atoms with van der Waals surface area (Å²) in [6.07, 6.45) is 7.67. The maximum atomic E-state index is 6.30. The van der Waals surface area contributed by atoms with Crippen LogP contribution >= 0.6 is 27.5 Å². The van der Waals surface area contributed by atoms with Crippen molar-refractivity contribution in [2.24, 2.45) is 10.9 Å². The normalized spacial score (nSPS) is 19.7. The Hall–Kier alpha value is -3.34. The van der Waals surface area contributed by atoms with E-state index in [1.165, 1.54) is 22.4 Å². The second-order valence-corrected chi connectivity index (χ2v) is 11.3. The van der Waals surface area contributed by atoms with Gasteiger partial charge in [-0.15, -0.1) is 0 Å². The molecule has 190 valence electrons. The lowest BCUT2D eigenvalue weighted by atomic mass is 9.76. The van der Waals surface area contributed by atoms with Gasteiger partial charge in [0.1, 0.15) is 12.4 Å². The SMILES string of the molecule is Cc1ccc2c(c1)[C@@H]1C=CC[C@@H]1[C@H](c1ccc(N=Cc3cc(Br)ccc3OCc3ccccc3Cl)cc1)N2. The lowest BCUT2D eigenvalue weighted by molar-refractivity contribution is 0.306. The zero-order chi connectivity index (χ0) is 26.1. The number of fused-ring (bicyclic) bond motifs is 3. The number of allylic oxidation sites excluding steroid dienone is 2. The van der Waals surface area contributed by atoms with Gasteiger partial charge in [-0.05, 0) is 72.9 Å². The molecule has 0 amide bonds. The number of nitrogens with one attached hydrogen (secondary N) is 1. The molecule has 1 aliphatic heterocycles. The van der Waals surface area contributed by atoms with Crippen LogP contribution in [-0.4, -0.2) is 6.21 Å². The molecular formula is C33H28BrClN2O. The van der Waals surface area contributed by atoms with Gasteiger partial charge >= 0.3 is 0 Å². The Morgan fingerprint density at radius 2 is 1.87 bits per heavy atom. The fourth-order valence-electron chi connectivity index (χ4n) is 5.48. The topological polar surface area (TPSA) is 33.6 Å². The molecule has 0 bridgehead atoms. The Morgan fingerprint density at radius 1 is 1.03 bits per heavy atom. The average Bonchev–Trinajstić information content (AvgIpc) is 3.43. The van der Waals surface area contributed by atoms with Crippen molar-refractivity contribution in [1.29, 1.82) is 0 Å². The molecule has 0 radical (unpaired) electrons. The summed E-state index contributed by atoms with van der Waals surface area (Å²) in [5.74, 6) is 1.75. The molecule has 1 aliphatic carbocycles. The molecule has 0 saturated heterocycles. The Morgan fingerprint density at radius 3 is 2.71 bits per heavy atom. The number of ether oxygens (including phenoxy) is 1. The van der Waals surface area contributed by atoms with Crippen molar-refractivity contribution < 1.29 is 4.74 Å². The third kappa shape index (κ3) is 5.16. The molecule has 1 heterocycles. The molecule has 0 spiro atoms. The monoisotopic (exact) mass is 582 g/mol. The predicted molar refractivity (Wildman–Crippen MR) is 161 cm³/mol. The third-order valence-corrected chi connectivity index (χ3v) is 8.30. The van der Waals surface area contributed by atoms with E-state index >= 15 is 0 Å². The van der Waals surface area contributed by atoms with Crippen LogP contribution in [0.3, 0.4) is 0 Å². The Kier molecular flexibility index (Phi) is 7.10. The van der Waals surface area contributed by atoms with Gasteiger partial charge < -0.3 is 10.1 Å². The van der Waals surface area contributed by atoms with E-state index in [0.29, 0.717) is 23.5 Å². The lowest BCUT2D eigenvalue weighted by Gasteiger charge is -2.37. The van der Waals surface area contributed by atoms with Gasteiger partial charge in [-0.1, -0.05) is 87.7 Å². The number of anilines is 1. The molecule has 4 aromatic carbocycles. The number of aryl methyl sites for hydroxylation is 1. The summed E-state index contributed by atoms with van der Waals surface area (Å²) in [6, 6.07) is 29.3. The summed E-state index contributed by atoms with van der Waals surface area (Å²) >= 11 is 9.88. The van der Waals surface area contributed by atoms with Crippen molar-refractivity contribution in [2.75, 3.05) is 5.32 Å². The summed E-state index contributed by atoms with van der Waals surface area (Å²) in [7, 11) is 0. The van der Waals surface area contributed by atoms with E-state index in [4.69, 9.17) is 21.3 Å². The maximum absolute atomic E-state index is 6.30. The Bertz CT molecular complexity index is 1530. The highest BCUT2D eigenvalue weighted by Gasteiger charge is 2.37. The van der Waals surface area contributed by atoms with Crippen molar-refractivity contribution >= 4 is 45.1 Å². The van der Waals surface area contributed by atoms with Crippen molar-refractivity contribution in [2.45, 2.75) is 31.9 Å². The molecule has 4 aromatic rings. The summed E-state index contributed by atoms with van der Waals surface area (Å²) in [5, 5.41) is 4.52. The van der Waals surface area contributed by atoms with Crippen LogP contribution in [0.5, 0.6) is 5.75 Å². The van der Waals surface area contributed by atoms with Crippen molar-refractivity contribution in [3.8, 4) is 5.75 Å². The molecule has 2 aliphatic rings. The molecule has 38 heavy (non-hydrogen) atoms. The second kappa shape index (κ2) is 10.8. The standard InChI is InChI=1S/C33H28BrClN2O/c1-21-9-15-31-29(17-21)27-6-4-7-28(27)33(37-31)22-10-13-26(14-11-22)36-19-24-18-25(34)12-16-32(24)38-20-23-5-2-3-8-30(23)35/h2-6,8-19,27-28,33,37H,7,20H2,1H3/t27-,28+,33+/m1/s1. The first-order valence-corrected chi connectivity index (χ1v) is 14.1. The summed E-state index contributed by atoms with van der Waals surface area (Å²) < 4.78 is 7.08. The number of hydrogen-bond acceptors (Lipinski definition) is 3. The fourth-order valence-corrected chi connectivity index (χ4v) is 6.05. The third-order valence-electron chi connectivity index (χ3n) is 7.44. The molecule has 1 N–H and O–H groups in total. The quantitative estimate of drug-likeness (QED) is 0.181. The minimum absolute atomic E-state index is 0.276. The Labute approximate surface area is 237 Å². The average molecular weight is 584 g/mol. The van der Waals surface area contributed by atoms with Crippen LogP contribution in [0.4, 0.5) is 11.4 Å². The van der Waals surface area contributed by atoms with Crippen LogP contribution in [0.15, 0.2) is 107 Å². The summed E-state index contributed by atoms with van der Waals surface area (Å²) in [4.78, 5) is 4.76. The lowest BCUT2D eigenvalue weighted by Crippen LogP contribution is -2.29. The van der Waals surface area contributed by atoms with Gasteiger partial charge in [0.25, 0.3) is 0 Å². The molecule has 5 heteroatoms. The van der Waals surface area contributed by atoms with Gasteiger partial charge in [0, 0.05) is 38.4 Å². The number of aliphatic imine (C=N–C) groups is 1. The van der Waals surface area contributed by atoms with Crippen LogP contribution in [0.2, 0.25) is 5.02 Å². The van der Waals surface area contributed by atoms with Crippen LogP contribution in [0, 0.1) is 12.8 Å². The van der Waals surface area contributed by atoms with Gasteiger partial charge in [-0.25, -0.2) is 0 Å². The van der Waals surface area contributed by atoms with Gasteiger partial charge in [-0.2, -0.15) is 0 Å². The van der Waals surface area contributed by atoms with Gasteiger partial charge in [0.05, 0.1) is 11.7 Å². The van der Waals surface area contributed by atoms with Gasteiger partial charge in [0.15, 0.2) is 0 Å². The highest BCUT2D eigenvalue weighted by atomic mass is 79.9. The molecule has 6 rings (SSSR count). The van der Waals surface area contributed by atoms with Crippen molar-refractivity contribution in [1.82, 2.24) is 0 Å². The van der Waals surface area contributed by atoms with Crippen molar-refractivity contribution in [3.05, 3.63) is 134 Å². The number of nitrogens with zero attached hydrogens (tertiary/aromatic N) is 1. The minimum Gasteiger partial charge on any atom is -0.488 e. The molecule has 3 nitrogen and oxygen atoms in total. The fraction of sp³-hybridized carbons (Fsp3) is 0.182. The molecular weight excluding hydrogens is 556 g/mol. The number of halogens is 2. The Balaban J connectivity index is 1.20. The van der Waals surface area contributed by atoms with Crippen molar-refractivity contribution in [3.63, 3.8) is 0 Å². The second-order valence-electron chi connectivity index (χ2n) is 9.98. The predicted octanol–water partition coefficient (Wildman–Crippen LogP) is 9.57.